The van der Waals surface area contributed by atoms with Crippen molar-refractivity contribution in [2.45, 2.75) is 38.5 Å². The molecule has 1 atom stereocenters. The number of rotatable bonds is 2. The van der Waals surface area contributed by atoms with E-state index in [1.165, 1.54) is 0 Å². The molecule has 0 amide bonds. The summed E-state index contributed by atoms with van der Waals surface area (Å²) in [5.74, 6) is 1.16. The van der Waals surface area contributed by atoms with E-state index in [0.717, 1.165) is 25.0 Å². The molecule has 1 aliphatic rings. The highest BCUT2D eigenvalue weighted by atomic mass is 35.5. The minimum absolute atomic E-state index is 0.222. The van der Waals surface area contributed by atoms with Crippen LogP contribution in [0, 0.1) is 0 Å². The molecule has 1 unspecified atom stereocenters. The van der Waals surface area contributed by atoms with E-state index in [1.807, 2.05) is 13.8 Å². The van der Waals surface area contributed by atoms with Crippen molar-refractivity contribution in [1.82, 2.24) is 9.97 Å². The zero-order valence-electron chi connectivity index (χ0n) is 10.0. The van der Waals surface area contributed by atoms with Crippen molar-refractivity contribution in [2.75, 3.05) is 13.2 Å². The fraction of sp³-hybridized carbons (Fsp3) is 0.667. The SMILES string of the molecule is CC(C)c1c(Cl)nc(C2CCCOC2)nc1Cl. The molecule has 1 saturated heterocycles. The predicted molar refractivity (Wildman–Crippen MR) is 68.9 cm³/mol. The lowest BCUT2D eigenvalue weighted by atomic mass is 10.0. The molecule has 2 rings (SSSR count). The molecule has 0 radical (unpaired) electrons. The van der Waals surface area contributed by atoms with Crippen molar-refractivity contribution in [3.63, 3.8) is 0 Å². The third-order valence-electron chi connectivity index (χ3n) is 2.97. The van der Waals surface area contributed by atoms with Crippen molar-refractivity contribution < 1.29 is 4.74 Å². The Labute approximate surface area is 112 Å². The van der Waals surface area contributed by atoms with Crippen molar-refractivity contribution in [3.05, 3.63) is 21.7 Å². The van der Waals surface area contributed by atoms with Gasteiger partial charge in [-0.25, -0.2) is 9.97 Å². The second-order valence-electron chi connectivity index (χ2n) is 4.65. The van der Waals surface area contributed by atoms with Gasteiger partial charge in [0, 0.05) is 18.1 Å². The minimum Gasteiger partial charge on any atom is -0.381 e. The summed E-state index contributed by atoms with van der Waals surface area (Å²) in [4.78, 5) is 8.74. The summed E-state index contributed by atoms with van der Waals surface area (Å²) in [5, 5.41) is 0.946. The Morgan fingerprint density at radius 3 is 2.35 bits per heavy atom. The summed E-state index contributed by atoms with van der Waals surface area (Å²) >= 11 is 12.3. The molecule has 94 valence electrons. The second kappa shape index (κ2) is 5.51. The molecule has 0 aromatic carbocycles. The van der Waals surface area contributed by atoms with Gasteiger partial charge in [0.25, 0.3) is 0 Å². The highest BCUT2D eigenvalue weighted by molar-refractivity contribution is 6.34. The highest BCUT2D eigenvalue weighted by Crippen LogP contribution is 2.31. The van der Waals surface area contributed by atoms with Gasteiger partial charge in [0.1, 0.15) is 16.1 Å². The average Bonchev–Trinajstić information content (AvgIpc) is 2.28. The summed E-state index contributed by atoms with van der Waals surface area (Å²) in [7, 11) is 0. The van der Waals surface area contributed by atoms with Gasteiger partial charge in [-0.3, -0.25) is 0 Å². The lowest BCUT2D eigenvalue weighted by molar-refractivity contribution is 0.0780. The van der Waals surface area contributed by atoms with Gasteiger partial charge in [0.15, 0.2) is 0 Å². The van der Waals surface area contributed by atoms with Crippen LogP contribution in [0.25, 0.3) is 0 Å². The molecule has 5 heteroatoms. The van der Waals surface area contributed by atoms with Crippen LogP contribution in [-0.4, -0.2) is 23.2 Å². The Hall–Kier alpha value is -0.380. The number of nitrogens with zero attached hydrogens (tertiary/aromatic N) is 2. The maximum atomic E-state index is 6.17. The van der Waals surface area contributed by atoms with Crippen LogP contribution in [0.3, 0.4) is 0 Å². The summed E-state index contributed by atoms with van der Waals surface area (Å²) in [6.45, 7) is 5.54. The first kappa shape index (κ1) is 13.1. The molecule has 0 spiro atoms. The van der Waals surface area contributed by atoms with Crippen LogP contribution in [0.4, 0.5) is 0 Å². The Morgan fingerprint density at radius 1 is 1.24 bits per heavy atom. The summed E-state index contributed by atoms with van der Waals surface area (Å²) in [6.07, 6.45) is 2.07. The third-order valence-corrected chi connectivity index (χ3v) is 3.55. The van der Waals surface area contributed by atoms with E-state index in [-0.39, 0.29) is 11.8 Å². The zero-order chi connectivity index (χ0) is 12.4. The predicted octanol–water partition coefficient (Wildman–Crippen LogP) is 3.80. The van der Waals surface area contributed by atoms with Crippen LogP contribution in [0.15, 0.2) is 0 Å². The quantitative estimate of drug-likeness (QED) is 0.770. The lowest BCUT2D eigenvalue weighted by Crippen LogP contribution is -2.18. The van der Waals surface area contributed by atoms with E-state index in [9.17, 15) is 0 Å². The monoisotopic (exact) mass is 274 g/mol. The molecule has 2 heterocycles. The average molecular weight is 275 g/mol. The molecule has 1 fully saturated rings. The van der Waals surface area contributed by atoms with Crippen LogP contribution < -0.4 is 0 Å². The fourth-order valence-corrected chi connectivity index (χ4v) is 2.87. The van der Waals surface area contributed by atoms with Crippen LogP contribution in [0.1, 0.15) is 49.9 Å². The first-order valence-corrected chi connectivity index (χ1v) is 6.65. The molecule has 0 aliphatic carbocycles. The Bertz CT molecular complexity index is 380. The molecule has 1 aliphatic heterocycles. The third kappa shape index (κ3) is 2.90. The van der Waals surface area contributed by atoms with E-state index < -0.39 is 0 Å². The number of hydrogen-bond donors (Lipinski definition) is 0. The van der Waals surface area contributed by atoms with Crippen LogP contribution >= 0.6 is 23.2 Å². The van der Waals surface area contributed by atoms with Crippen molar-refractivity contribution in [2.24, 2.45) is 0 Å². The Morgan fingerprint density at radius 2 is 1.88 bits per heavy atom. The second-order valence-corrected chi connectivity index (χ2v) is 5.36. The van der Waals surface area contributed by atoms with Gasteiger partial charge in [-0.2, -0.15) is 0 Å². The number of ether oxygens (including phenoxy) is 1. The number of hydrogen-bond acceptors (Lipinski definition) is 3. The first-order chi connectivity index (χ1) is 8.09. The van der Waals surface area contributed by atoms with Crippen LogP contribution in [0.5, 0.6) is 0 Å². The topological polar surface area (TPSA) is 35.0 Å². The zero-order valence-corrected chi connectivity index (χ0v) is 11.6. The number of halogens is 2. The molecule has 3 nitrogen and oxygen atoms in total. The standard InChI is InChI=1S/C12H16Cl2N2O/c1-7(2)9-10(13)15-12(16-11(9)14)8-4-3-5-17-6-8/h7-8H,3-6H2,1-2H3. The summed E-state index contributed by atoms with van der Waals surface area (Å²) in [6, 6.07) is 0. The maximum Gasteiger partial charge on any atom is 0.137 e. The van der Waals surface area contributed by atoms with E-state index >= 15 is 0 Å². The van der Waals surface area contributed by atoms with Gasteiger partial charge in [-0.15, -0.1) is 0 Å². The molecular weight excluding hydrogens is 259 g/mol. The van der Waals surface area contributed by atoms with Crippen LogP contribution in [-0.2, 0) is 4.74 Å². The minimum atomic E-state index is 0.222. The summed E-state index contributed by atoms with van der Waals surface area (Å²) < 4.78 is 5.43. The maximum absolute atomic E-state index is 6.17. The van der Waals surface area contributed by atoms with Crippen molar-refractivity contribution in [1.29, 1.82) is 0 Å². The molecular formula is C12H16Cl2N2O. The Balaban J connectivity index is 2.31. The van der Waals surface area contributed by atoms with Gasteiger partial charge in [-0.05, 0) is 18.8 Å². The molecule has 1 aromatic heterocycles. The number of aromatic nitrogens is 2. The highest BCUT2D eigenvalue weighted by Gasteiger charge is 2.22. The molecule has 0 N–H and O–H groups in total. The molecule has 0 bridgehead atoms. The van der Waals surface area contributed by atoms with Gasteiger partial charge < -0.3 is 4.74 Å². The van der Waals surface area contributed by atoms with Gasteiger partial charge in [-0.1, -0.05) is 37.0 Å². The van der Waals surface area contributed by atoms with E-state index in [2.05, 4.69) is 9.97 Å². The molecule has 17 heavy (non-hydrogen) atoms. The summed E-state index contributed by atoms with van der Waals surface area (Å²) in [5.41, 5.74) is 0.828. The largest absolute Gasteiger partial charge is 0.381 e. The molecule has 0 saturated carbocycles. The van der Waals surface area contributed by atoms with E-state index in [1.54, 1.807) is 0 Å². The van der Waals surface area contributed by atoms with Gasteiger partial charge in [0.2, 0.25) is 0 Å². The van der Waals surface area contributed by atoms with Crippen LogP contribution in [0.2, 0.25) is 10.3 Å². The van der Waals surface area contributed by atoms with E-state index in [4.69, 9.17) is 27.9 Å². The van der Waals surface area contributed by atoms with E-state index in [0.29, 0.717) is 22.7 Å². The van der Waals surface area contributed by atoms with Crippen molar-refractivity contribution in [3.8, 4) is 0 Å². The normalized spacial score (nSPS) is 20.9. The smallest absolute Gasteiger partial charge is 0.137 e. The fourth-order valence-electron chi connectivity index (χ4n) is 2.04. The van der Waals surface area contributed by atoms with Gasteiger partial charge in [0.05, 0.1) is 6.61 Å². The molecule has 1 aromatic rings. The first-order valence-electron chi connectivity index (χ1n) is 5.90. The van der Waals surface area contributed by atoms with Gasteiger partial charge >= 0.3 is 0 Å². The lowest BCUT2D eigenvalue weighted by Gasteiger charge is -2.21. The Kier molecular flexibility index (Phi) is 4.23. The van der Waals surface area contributed by atoms with Crippen molar-refractivity contribution >= 4 is 23.2 Å².